The van der Waals surface area contributed by atoms with E-state index in [2.05, 4.69) is 10.3 Å². The second-order valence-corrected chi connectivity index (χ2v) is 5.01. The van der Waals surface area contributed by atoms with Crippen LogP contribution in [0.4, 0.5) is 5.69 Å². The highest BCUT2D eigenvalue weighted by molar-refractivity contribution is 6.04. The van der Waals surface area contributed by atoms with E-state index in [1.807, 2.05) is 54.6 Å². The van der Waals surface area contributed by atoms with Crippen molar-refractivity contribution >= 4 is 22.5 Å². The number of carbonyl (C=O) groups excluding carboxylic acids is 1. The molecular weight excluding hydrogens is 276 g/mol. The van der Waals surface area contributed by atoms with Crippen LogP contribution >= 0.6 is 0 Å². The first-order chi connectivity index (χ1) is 10.8. The van der Waals surface area contributed by atoms with Crippen LogP contribution in [0.3, 0.4) is 0 Å². The first kappa shape index (κ1) is 14.2. The maximum atomic E-state index is 12.3. The summed E-state index contributed by atoms with van der Waals surface area (Å²) in [5, 5.41) is 12.7. The molecule has 0 bridgehead atoms. The van der Waals surface area contributed by atoms with Crippen LogP contribution in [0.5, 0.6) is 0 Å². The minimum Gasteiger partial charge on any atom is -0.396 e. The Kier molecular flexibility index (Phi) is 4.12. The zero-order valence-corrected chi connectivity index (χ0v) is 12.0. The fourth-order valence-electron chi connectivity index (χ4n) is 2.27. The van der Waals surface area contributed by atoms with Crippen LogP contribution in [0, 0.1) is 0 Å². The summed E-state index contributed by atoms with van der Waals surface area (Å²) in [6.45, 7) is 0.118. The average Bonchev–Trinajstić information content (AvgIpc) is 2.56. The summed E-state index contributed by atoms with van der Waals surface area (Å²) in [7, 11) is 0. The van der Waals surface area contributed by atoms with Gasteiger partial charge in [0.05, 0.1) is 5.52 Å². The van der Waals surface area contributed by atoms with Crippen molar-refractivity contribution in [2.75, 3.05) is 11.9 Å². The zero-order chi connectivity index (χ0) is 15.4. The fourth-order valence-corrected chi connectivity index (χ4v) is 2.27. The molecule has 0 spiro atoms. The van der Waals surface area contributed by atoms with Gasteiger partial charge in [0.2, 0.25) is 0 Å². The van der Waals surface area contributed by atoms with Crippen molar-refractivity contribution in [3.8, 4) is 0 Å². The number of fused-ring (bicyclic) bond motifs is 1. The van der Waals surface area contributed by atoms with Gasteiger partial charge in [0, 0.05) is 17.7 Å². The van der Waals surface area contributed by atoms with E-state index in [0.717, 1.165) is 16.5 Å². The average molecular weight is 292 g/mol. The van der Waals surface area contributed by atoms with Gasteiger partial charge in [0.25, 0.3) is 5.91 Å². The zero-order valence-electron chi connectivity index (χ0n) is 12.0. The van der Waals surface area contributed by atoms with Crippen molar-refractivity contribution in [3.63, 3.8) is 0 Å². The Morgan fingerprint density at radius 1 is 1.00 bits per heavy atom. The second kappa shape index (κ2) is 6.37. The topological polar surface area (TPSA) is 62.2 Å². The summed E-state index contributed by atoms with van der Waals surface area (Å²) < 4.78 is 0. The van der Waals surface area contributed by atoms with E-state index >= 15 is 0 Å². The van der Waals surface area contributed by atoms with Crippen LogP contribution in [0.1, 0.15) is 16.1 Å². The van der Waals surface area contributed by atoms with E-state index in [0.29, 0.717) is 17.8 Å². The van der Waals surface area contributed by atoms with Crippen molar-refractivity contribution in [2.24, 2.45) is 0 Å². The summed E-state index contributed by atoms with van der Waals surface area (Å²) in [6.07, 6.45) is 0.612. The predicted octanol–water partition coefficient (Wildman–Crippen LogP) is 3.02. The lowest BCUT2D eigenvalue weighted by Gasteiger charge is -2.06. The standard InChI is InChI=1S/C18H16N2O2/c21-12-11-13-5-8-15(9-6-13)19-18(22)17-10-7-14-3-1-2-4-16(14)20-17/h1-10,21H,11-12H2,(H,19,22). The molecule has 0 fully saturated rings. The van der Waals surface area contributed by atoms with Gasteiger partial charge in [-0.1, -0.05) is 36.4 Å². The van der Waals surface area contributed by atoms with Gasteiger partial charge in [-0.3, -0.25) is 4.79 Å². The van der Waals surface area contributed by atoms with Crippen LogP contribution in [-0.4, -0.2) is 22.6 Å². The van der Waals surface area contributed by atoms with E-state index in [1.54, 1.807) is 6.07 Å². The molecule has 1 heterocycles. The van der Waals surface area contributed by atoms with E-state index in [-0.39, 0.29) is 12.5 Å². The normalized spacial score (nSPS) is 10.6. The summed E-state index contributed by atoms with van der Waals surface area (Å²) in [5.74, 6) is -0.235. The Hall–Kier alpha value is -2.72. The summed E-state index contributed by atoms with van der Waals surface area (Å²) in [5.41, 5.74) is 2.93. The van der Waals surface area contributed by atoms with Crippen LogP contribution in [-0.2, 0) is 6.42 Å². The fraction of sp³-hybridized carbons (Fsp3) is 0.111. The molecular formula is C18H16N2O2. The number of amides is 1. The van der Waals surface area contributed by atoms with E-state index < -0.39 is 0 Å². The number of aliphatic hydroxyl groups is 1. The monoisotopic (exact) mass is 292 g/mol. The molecule has 1 amide bonds. The van der Waals surface area contributed by atoms with Gasteiger partial charge < -0.3 is 10.4 Å². The summed E-state index contributed by atoms with van der Waals surface area (Å²) in [6, 6.07) is 18.7. The van der Waals surface area contributed by atoms with E-state index in [4.69, 9.17) is 5.11 Å². The molecule has 0 unspecified atom stereocenters. The van der Waals surface area contributed by atoms with Gasteiger partial charge in [-0.25, -0.2) is 4.98 Å². The first-order valence-electron chi connectivity index (χ1n) is 7.13. The highest BCUT2D eigenvalue weighted by Gasteiger charge is 2.08. The van der Waals surface area contributed by atoms with Gasteiger partial charge in [-0.2, -0.15) is 0 Å². The number of hydrogen-bond acceptors (Lipinski definition) is 3. The van der Waals surface area contributed by atoms with Crippen molar-refractivity contribution < 1.29 is 9.90 Å². The molecule has 0 atom stereocenters. The molecule has 4 nitrogen and oxygen atoms in total. The number of benzene rings is 2. The predicted molar refractivity (Wildman–Crippen MR) is 86.9 cm³/mol. The molecule has 1 aromatic heterocycles. The highest BCUT2D eigenvalue weighted by atomic mass is 16.2. The minimum atomic E-state index is -0.235. The molecule has 0 aliphatic carbocycles. The summed E-state index contributed by atoms with van der Waals surface area (Å²) in [4.78, 5) is 16.6. The molecule has 0 aliphatic heterocycles. The third kappa shape index (κ3) is 3.13. The molecule has 110 valence electrons. The molecule has 3 aromatic rings. The van der Waals surface area contributed by atoms with Gasteiger partial charge in [-0.15, -0.1) is 0 Å². The molecule has 4 heteroatoms. The third-order valence-corrected chi connectivity index (χ3v) is 3.44. The number of carbonyl (C=O) groups is 1. The van der Waals surface area contributed by atoms with E-state index in [9.17, 15) is 4.79 Å². The van der Waals surface area contributed by atoms with Crippen LogP contribution in [0.2, 0.25) is 0 Å². The maximum Gasteiger partial charge on any atom is 0.274 e. The van der Waals surface area contributed by atoms with Crippen molar-refractivity contribution in [1.82, 2.24) is 4.98 Å². The molecule has 0 saturated heterocycles. The number of para-hydroxylation sites is 1. The summed E-state index contributed by atoms with van der Waals surface area (Å²) >= 11 is 0. The lowest BCUT2D eigenvalue weighted by molar-refractivity contribution is 0.102. The van der Waals surface area contributed by atoms with Gasteiger partial charge >= 0.3 is 0 Å². The largest absolute Gasteiger partial charge is 0.396 e. The van der Waals surface area contributed by atoms with Crippen molar-refractivity contribution in [2.45, 2.75) is 6.42 Å². The Labute approximate surface area is 128 Å². The molecule has 22 heavy (non-hydrogen) atoms. The Bertz CT molecular complexity index is 798. The number of pyridine rings is 1. The number of aliphatic hydroxyl groups excluding tert-OH is 1. The molecule has 2 aromatic carbocycles. The van der Waals surface area contributed by atoms with Gasteiger partial charge in [0.15, 0.2) is 0 Å². The van der Waals surface area contributed by atoms with Crippen LogP contribution in [0.25, 0.3) is 10.9 Å². The lowest BCUT2D eigenvalue weighted by atomic mass is 10.1. The third-order valence-electron chi connectivity index (χ3n) is 3.44. The van der Waals surface area contributed by atoms with E-state index in [1.165, 1.54) is 0 Å². The lowest BCUT2D eigenvalue weighted by Crippen LogP contribution is -2.13. The van der Waals surface area contributed by atoms with Gasteiger partial charge in [0.1, 0.15) is 5.69 Å². The highest BCUT2D eigenvalue weighted by Crippen LogP contribution is 2.14. The molecule has 2 N–H and O–H groups in total. The second-order valence-electron chi connectivity index (χ2n) is 5.01. The van der Waals surface area contributed by atoms with Crippen LogP contribution < -0.4 is 5.32 Å². The van der Waals surface area contributed by atoms with Gasteiger partial charge in [-0.05, 0) is 36.2 Å². The smallest absolute Gasteiger partial charge is 0.274 e. The molecule has 0 radical (unpaired) electrons. The Morgan fingerprint density at radius 2 is 1.77 bits per heavy atom. The number of aromatic nitrogens is 1. The number of anilines is 1. The Morgan fingerprint density at radius 3 is 2.55 bits per heavy atom. The number of hydrogen-bond donors (Lipinski definition) is 2. The molecule has 3 rings (SSSR count). The number of nitrogens with one attached hydrogen (secondary N) is 1. The molecule has 0 aliphatic rings. The minimum absolute atomic E-state index is 0.118. The maximum absolute atomic E-state index is 12.3. The van der Waals surface area contributed by atoms with Crippen LogP contribution in [0.15, 0.2) is 60.7 Å². The Balaban J connectivity index is 1.77. The number of rotatable bonds is 4. The van der Waals surface area contributed by atoms with Crippen molar-refractivity contribution in [3.05, 3.63) is 71.9 Å². The molecule has 0 saturated carbocycles. The number of nitrogens with zero attached hydrogens (tertiary/aromatic N) is 1. The SMILES string of the molecule is O=C(Nc1ccc(CCO)cc1)c1ccc2ccccc2n1. The first-order valence-corrected chi connectivity index (χ1v) is 7.13. The van der Waals surface area contributed by atoms with Crippen molar-refractivity contribution in [1.29, 1.82) is 0 Å². The quantitative estimate of drug-likeness (QED) is 0.777.